The fourth-order valence-electron chi connectivity index (χ4n) is 3.18. The molecule has 1 amide bonds. The number of nitrogens with two attached hydrogens (primary N) is 1. The SMILES string of the molecule is CCOC(=O)N(C)c1ccc(-c2ccc(C(=O)CCc3cccnc3N)cc2)cc1F. The lowest BCUT2D eigenvalue weighted by Gasteiger charge is -2.17. The van der Waals surface area contributed by atoms with E-state index < -0.39 is 11.9 Å². The van der Waals surface area contributed by atoms with Crippen LogP contribution in [-0.2, 0) is 11.2 Å². The number of pyridine rings is 1. The van der Waals surface area contributed by atoms with Crippen LogP contribution < -0.4 is 10.6 Å². The van der Waals surface area contributed by atoms with Gasteiger partial charge in [0.2, 0.25) is 0 Å². The minimum Gasteiger partial charge on any atom is -0.449 e. The molecule has 0 saturated carbocycles. The highest BCUT2D eigenvalue weighted by Gasteiger charge is 2.16. The van der Waals surface area contributed by atoms with Gasteiger partial charge in [0.05, 0.1) is 12.3 Å². The van der Waals surface area contributed by atoms with Gasteiger partial charge in [-0.15, -0.1) is 0 Å². The molecule has 0 bridgehead atoms. The first-order valence-corrected chi connectivity index (χ1v) is 9.93. The highest BCUT2D eigenvalue weighted by molar-refractivity contribution is 5.96. The number of aryl methyl sites for hydroxylation is 1. The fourth-order valence-corrected chi connectivity index (χ4v) is 3.18. The molecule has 0 radical (unpaired) electrons. The third-order valence-corrected chi connectivity index (χ3v) is 4.94. The van der Waals surface area contributed by atoms with E-state index in [4.69, 9.17) is 10.5 Å². The molecule has 1 heterocycles. The van der Waals surface area contributed by atoms with Gasteiger partial charge in [0.15, 0.2) is 5.78 Å². The van der Waals surface area contributed by atoms with Gasteiger partial charge < -0.3 is 10.5 Å². The van der Waals surface area contributed by atoms with Gasteiger partial charge in [-0.2, -0.15) is 0 Å². The van der Waals surface area contributed by atoms with Crippen LogP contribution in [0.2, 0.25) is 0 Å². The first-order chi connectivity index (χ1) is 14.9. The molecule has 0 saturated heterocycles. The lowest BCUT2D eigenvalue weighted by molar-refractivity contribution is 0.0983. The maximum Gasteiger partial charge on any atom is 0.414 e. The summed E-state index contributed by atoms with van der Waals surface area (Å²) >= 11 is 0. The van der Waals surface area contributed by atoms with E-state index in [1.54, 1.807) is 49.5 Å². The normalized spacial score (nSPS) is 10.5. The molecule has 1 aromatic heterocycles. The van der Waals surface area contributed by atoms with Crippen LogP contribution in [0.5, 0.6) is 0 Å². The molecule has 160 valence electrons. The Hall–Kier alpha value is -3.74. The predicted octanol–water partition coefficient (Wildman–Crippen LogP) is 4.88. The zero-order chi connectivity index (χ0) is 22.4. The van der Waals surface area contributed by atoms with E-state index in [1.165, 1.54) is 19.2 Å². The van der Waals surface area contributed by atoms with Crippen molar-refractivity contribution in [1.29, 1.82) is 0 Å². The summed E-state index contributed by atoms with van der Waals surface area (Å²) in [5, 5.41) is 0. The third kappa shape index (κ3) is 5.25. The molecule has 0 aliphatic heterocycles. The van der Waals surface area contributed by atoms with Gasteiger partial charge in [-0.3, -0.25) is 9.69 Å². The Morgan fingerprint density at radius 1 is 1.10 bits per heavy atom. The van der Waals surface area contributed by atoms with Crippen molar-refractivity contribution in [3.8, 4) is 11.1 Å². The second-order valence-corrected chi connectivity index (χ2v) is 6.97. The quantitative estimate of drug-likeness (QED) is 0.550. The second kappa shape index (κ2) is 9.84. The molecule has 0 aliphatic rings. The highest BCUT2D eigenvalue weighted by Crippen LogP contribution is 2.27. The molecule has 0 fully saturated rings. The Balaban J connectivity index is 1.69. The molecule has 0 aliphatic carbocycles. The van der Waals surface area contributed by atoms with E-state index >= 15 is 0 Å². The Morgan fingerprint density at radius 2 is 1.81 bits per heavy atom. The van der Waals surface area contributed by atoms with Gasteiger partial charge in [-0.1, -0.05) is 36.4 Å². The van der Waals surface area contributed by atoms with Crippen molar-refractivity contribution in [3.63, 3.8) is 0 Å². The van der Waals surface area contributed by atoms with Crippen LogP contribution in [0.15, 0.2) is 60.8 Å². The minimum absolute atomic E-state index is 0.00704. The molecule has 2 aromatic carbocycles. The first-order valence-electron chi connectivity index (χ1n) is 9.93. The van der Waals surface area contributed by atoms with E-state index in [2.05, 4.69) is 4.98 Å². The Morgan fingerprint density at radius 3 is 2.45 bits per heavy atom. The smallest absolute Gasteiger partial charge is 0.414 e. The third-order valence-electron chi connectivity index (χ3n) is 4.94. The summed E-state index contributed by atoms with van der Waals surface area (Å²) in [6.45, 7) is 1.90. The molecule has 0 spiro atoms. The number of carbonyl (C=O) groups excluding carboxylic acids is 2. The number of hydrogen-bond acceptors (Lipinski definition) is 5. The summed E-state index contributed by atoms with van der Waals surface area (Å²) in [5.41, 5.74) is 8.77. The summed E-state index contributed by atoms with van der Waals surface area (Å²) < 4.78 is 19.5. The predicted molar refractivity (Wildman–Crippen MR) is 119 cm³/mol. The van der Waals surface area contributed by atoms with Crippen molar-refractivity contribution in [2.45, 2.75) is 19.8 Å². The van der Waals surface area contributed by atoms with E-state index in [9.17, 15) is 14.0 Å². The second-order valence-electron chi connectivity index (χ2n) is 6.97. The number of Topliss-reactive ketones (excluding diaryl/α,β-unsaturated/α-hetero) is 1. The molecule has 31 heavy (non-hydrogen) atoms. The highest BCUT2D eigenvalue weighted by atomic mass is 19.1. The average molecular weight is 421 g/mol. The molecule has 7 heteroatoms. The number of benzene rings is 2. The standard InChI is InChI=1S/C24H24FN3O3/c1-3-31-24(30)28(2)21-12-10-19(15-20(21)25)16-6-8-17(9-7-16)22(29)13-11-18-5-4-14-27-23(18)26/h4-10,12,14-15H,3,11,13H2,1-2H3,(H2,26,27). The summed E-state index contributed by atoms with van der Waals surface area (Å²) in [6.07, 6.45) is 1.83. The molecular weight excluding hydrogens is 397 g/mol. The number of ether oxygens (including phenoxy) is 1. The van der Waals surface area contributed by atoms with E-state index in [0.717, 1.165) is 16.0 Å². The first kappa shape index (κ1) is 22.0. The zero-order valence-corrected chi connectivity index (χ0v) is 17.5. The number of aromatic nitrogens is 1. The number of carbonyl (C=O) groups is 2. The molecule has 3 aromatic rings. The molecule has 6 nitrogen and oxygen atoms in total. The minimum atomic E-state index is -0.620. The van der Waals surface area contributed by atoms with Crippen molar-refractivity contribution in [2.75, 3.05) is 24.3 Å². The maximum atomic E-state index is 14.6. The van der Waals surface area contributed by atoms with Crippen molar-refractivity contribution >= 4 is 23.4 Å². The zero-order valence-electron chi connectivity index (χ0n) is 17.5. The Bertz CT molecular complexity index is 1080. The summed E-state index contributed by atoms with van der Waals surface area (Å²) in [4.78, 5) is 29.5. The van der Waals surface area contributed by atoms with Gasteiger partial charge in [-0.05, 0) is 48.2 Å². The Labute approximate surface area is 180 Å². The monoisotopic (exact) mass is 421 g/mol. The summed E-state index contributed by atoms with van der Waals surface area (Å²) in [5.74, 6) is -0.112. The van der Waals surface area contributed by atoms with Gasteiger partial charge in [0, 0.05) is 25.2 Å². The number of nitrogens with zero attached hydrogens (tertiary/aromatic N) is 2. The summed E-state index contributed by atoms with van der Waals surface area (Å²) in [7, 11) is 1.45. The lowest BCUT2D eigenvalue weighted by Crippen LogP contribution is -2.27. The number of halogens is 1. The largest absolute Gasteiger partial charge is 0.449 e. The van der Waals surface area contributed by atoms with Gasteiger partial charge in [0.1, 0.15) is 11.6 Å². The van der Waals surface area contributed by atoms with Crippen LogP contribution >= 0.6 is 0 Å². The van der Waals surface area contributed by atoms with Crippen molar-refractivity contribution < 1.29 is 18.7 Å². The Kier molecular flexibility index (Phi) is 6.97. The van der Waals surface area contributed by atoms with Crippen molar-refractivity contribution in [1.82, 2.24) is 4.98 Å². The topological polar surface area (TPSA) is 85.5 Å². The number of amides is 1. The van der Waals surface area contributed by atoms with E-state index in [1.807, 2.05) is 6.07 Å². The molecule has 0 atom stereocenters. The van der Waals surface area contributed by atoms with Crippen LogP contribution in [0.25, 0.3) is 11.1 Å². The van der Waals surface area contributed by atoms with Gasteiger partial charge in [0.25, 0.3) is 0 Å². The van der Waals surface area contributed by atoms with Crippen molar-refractivity contribution in [2.24, 2.45) is 0 Å². The molecule has 2 N–H and O–H groups in total. The average Bonchev–Trinajstić information content (AvgIpc) is 2.78. The number of anilines is 2. The van der Waals surface area contributed by atoms with Crippen LogP contribution in [0.3, 0.4) is 0 Å². The fraction of sp³-hybridized carbons (Fsp3) is 0.208. The lowest BCUT2D eigenvalue weighted by atomic mass is 9.99. The molecular formula is C24H24FN3O3. The number of rotatable bonds is 7. The van der Waals surface area contributed by atoms with E-state index in [-0.39, 0.29) is 18.1 Å². The molecule has 3 rings (SSSR count). The van der Waals surface area contributed by atoms with Crippen molar-refractivity contribution in [3.05, 3.63) is 77.7 Å². The molecule has 0 unspecified atom stereocenters. The summed E-state index contributed by atoms with van der Waals surface area (Å²) in [6, 6.07) is 15.2. The van der Waals surface area contributed by atoms with Crippen LogP contribution in [0.4, 0.5) is 20.7 Å². The van der Waals surface area contributed by atoms with Gasteiger partial charge >= 0.3 is 6.09 Å². The maximum absolute atomic E-state index is 14.6. The number of hydrogen-bond donors (Lipinski definition) is 1. The number of ketones is 1. The van der Waals surface area contributed by atoms with E-state index in [0.29, 0.717) is 29.8 Å². The van der Waals surface area contributed by atoms with Crippen LogP contribution in [0.1, 0.15) is 29.3 Å². The van der Waals surface area contributed by atoms with Gasteiger partial charge in [-0.25, -0.2) is 14.2 Å². The number of nitrogen functional groups attached to an aromatic ring is 1. The van der Waals surface area contributed by atoms with Crippen LogP contribution in [0, 0.1) is 5.82 Å². The van der Waals surface area contributed by atoms with Crippen LogP contribution in [-0.4, -0.2) is 30.5 Å².